The van der Waals surface area contributed by atoms with Gasteiger partial charge < -0.3 is 10.6 Å². The van der Waals surface area contributed by atoms with E-state index in [0.717, 1.165) is 18.2 Å². The van der Waals surface area contributed by atoms with E-state index in [2.05, 4.69) is 15.1 Å². The Labute approximate surface area is 183 Å². The van der Waals surface area contributed by atoms with Gasteiger partial charge in [-0.1, -0.05) is 0 Å². The average molecular weight is 440 g/mol. The SMILES string of the molecule is NC(=O)c1ccnc(N2C[C@H]3CC(C(=O)N4N=CC[C@H]4c4cc(F)ccc4F)C[C@@H]3C2)n1. The largest absolute Gasteiger partial charge is 0.364 e. The predicted octanol–water partition coefficient (Wildman–Crippen LogP) is 2.28. The summed E-state index contributed by atoms with van der Waals surface area (Å²) in [5.74, 6) is -1.05. The highest BCUT2D eigenvalue weighted by Crippen LogP contribution is 2.44. The molecule has 166 valence electrons. The third kappa shape index (κ3) is 3.59. The minimum atomic E-state index is -0.625. The van der Waals surface area contributed by atoms with Gasteiger partial charge in [0, 0.05) is 43.4 Å². The molecule has 3 heterocycles. The zero-order valence-corrected chi connectivity index (χ0v) is 17.2. The molecule has 2 aliphatic heterocycles. The highest BCUT2D eigenvalue weighted by atomic mass is 19.1. The number of aromatic nitrogens is 2. The quantitative estimate of drug-likeness (QED) is 0.785. The van der Waals surface area contributed by atoms with Crippen LogP contribution in [0.3, 0.4) is 0 Å². The molecule has 0 bridgehead atoms. The zero-order valence-electron chi connectivity index (χ0n) is 17.2. The number of nitrogens with zero attached hydrogens (tertiary/aromatic N) is 5. The molecule has 1 aromatic heterocycles. The molecule has 32 heavy (non-hydrogen) atoms. The first-order valence-corrected chi connectivity index (χ1v) is 10.6. The van der Waals surface area contributed by atoms with Gasteiger partial charge in [-0.2, -0.15) is 5.10 Å². The van der Waals surface area contributed by atoms with Crippen molar-refractivity contribution in [2.45, 2.75) is 25.3 Å². The first-order valence-electron chi connectivity index (χ1n) is 10.6. The van der Waals surface area contributed by atoms with Crippen molar-refractivity contribution >= 4 is 24.0 Å². The molecule has 3 atom stereocenters. The van der Waals surface area contributed by atoms with E-state index in [1.807, 2.05) is 4.90 Å². The van der Waals surface area contributed by atoms with Gasteiger partial charge in [-0.25, -0.2) is 23.8 Å². The molecule has 2 N–H and O–H groups in total. The molecule has 3 aliphatic rings. The normalized spacial score (nSPS) is 24.9. The maximum atomic E-state index is 14.3. The number of halogens is 2. The van der Waals surface area contributed by atoms with Crippen LogP contribution in [-0.2, 0) is 4.79 Å². The van der Waals surface area contributed by atoms with E-state index >= 15 is 0 Å². The Morgan fingerprint density at radius 1 is 1.09 bits per heavy atom. The van der Waals surface area contributed by atoms with E-state index < -0.39 is 23.6 Å². The molecule has 10 heteroatoms. The van der Waals surface area contributed by atoms with Crippen LogP contribution >= 0.6 is 0 Å². The number of rotatable bonds is 4. The van der Waals surface area contributed by atoms with Crippen LogP contribution in [0.4, 0.5) is 14.7 Å². The van der Waals surface area contributed by atoms with Gasteiger partial charge >= 0.3 is 0 Å². The van der Waals surface area contributed by atoms with E-state index in [4.69, 9.17) is 5.73 Å². The van der Waals surface area contributed by atoms with Crippen LogP contribution in [0.25, 0.3) is 0 Å². The second-order valence-corrected chi connectivity index (χ2v) is 8.60. The van der Waals surface area contributed by atoms with Crippen LogP contribution in [-0.4, -0.2) is 46.1 Å². The summed E-state index contributed by atoms with van der Waals surface area (Å²) in [6, 6.07) is 4.13. The summed E-state index contributed by atoms with van der Waals surface area (Å²) >= 11 is 0. The molecule has 0 spiro atoms. The number of amides is 2. The number of fused-ring (bicyclic) bond motifs is 1. The van der Waals surface area contributed by atoms with E-state index in [1.54, 1.807) is 6.21 Å². The fourth-order valence-electron chi connectivity index (χ4n) is 5.14. The lowest BCUT2D eigenvalue weighted by molar-refractivity contribution is -0.137. The van der Waals surface area contributed by atoms with Gasteiger partial charge in [-0.05, 0) is 48.9 Å². The number of hydrogen-bond acceptors (Lipinski definition) is 6. The number of nitrogens with two attached hydrogens (primary N) is 1. The second-order valence-electron chi connectivity index (χ2n) is 8.60. The third-order valence-electron chi connectivity index (χ3n) is 6.65. The van der Waals surface area contributed by atoms with Crippen molar-refractivity contribution in [3.63, 3.8) is 0 Å². The number of carbonyl (C=O) groups excluding carboxylic acids is 2. The van der Waals surface area contributed by atoms with Crippen molar-refractivity contribution in [3.8, 4) is 0 Å². The molecule has 5 rings (SSSR count). The molecule has 1 aliphatic carbocycles. The van der Waals surface area contributed by atoms with Crippen molar-refractivity contribution in [2.24, 2.45) is 28.6 Å². The Morgan fingerprint density at radius 2 is 1.84 bits per heavy atom. The fraction of sp³-hybridized carbons (Fsp3) is 0.409. The van der Waals surface area contributed by atoms with E-state index in [0.29, 0.717) is 38.3 Å². The van der Waals surface area contributed by atoms with Crippen molar-refractivity contribution in [3.05, 3.63) is 53.4 Å². The van der Waals surface area contributed by atoms with Crippen LogP contribution in [0.5, 0.6) is 0 Å². The average Bonchev–Trinajstić information content (AvgIpc) is 3.50. The highest BCUT2D eigenvalue weighted by molar-refractivity contribution is 5.90. The first kappa shape index (κ1) is 20.5. The predicted molar refractivity (Wildman–Crippen MR) is 112 cm³/mol. The van der Waals surface area contributed by atoms with Crippen molar-refractivity contribution in [1.82, 2.24) is 15.0 Å². The second kappa shape index (κ2) is 7.92. The van der Waals surface area contributed by atoms with Gasteiger partial charge in [0.25, 0.3) is 5.91 Å². The van der Waals surface area contributed by atoms with Crippen molar-refractivity contribution in [2.75, 3.05) is 18.0 Å². The molecule has 0 unspecified atom stereocenters. The molecular formula is C22H22F2N6O2. The lowest BCUT2D eigenvalue weighted by Gasteiger charge is -2.26. The highest BCUT2D eigenvalue weighted by Gasteiger charge is 2.46. The maximum Gasteiger partial charge on any atom is 0.267 e. The Bertz CT molecular complexity index is 1100. The monoisotopic (exact) mass is 440 g/mol. The number of benzene rings is 1. The van der Waals surface area contributed by atoms with Crippen LogP contribution < -0.4 is 10.6 Å². The van der Waals surface area contributed by atoms with Crippen LogP contribution in [0, 0.1) is 29.4 Å². The van der Waals surface area contributed by atoms with E-state index in [1.165, 1.54) is 17.3 Å². The summed E-state index contributed by atoms with van der Waals surface area (Å²) in [7, 11) is 0. The summed E-state index contributed by atoms with van der Waals surface area (Å²) in [5.41, 5.74) is 5.62. The molecule has 2 fully saturated rings. The van der Waals surface area contributed by atoms with Crippen LogP contribution in [0.15, 0.2) is 35.6 Å². The molecule has 1 saturated carbocycles. The third-order valence-corrected chi connectivity index (χ3v) is 6.65. The van der Waals surface area contributed by atoms with Gasteiger partial charge in [0.05, 0.1) is 6.04 Å². The Kier molecular flexibility index (Phi) is 5.07. The summed E-state index contributed by atoms with van der Waals surface area (Å²) < 4.78 is 28.0. The molecular weight excluding hydrogens is 418 g/mol. The lowest BCUT2D eigenvalue weighted by Crippen LogP contribution is -2.33. The fourth-order valence-corrected chi connectivity index (χ4v) is 5.14. The van der Waals surface area contributed by atoms with Gasteiger partial charge in [0.2, 0.25) is 11.9 Å². The summed E-state index contributed by atoms with van der Waals surface area (Å²) in [6.07, 6.45) is 4.81. The van der Waals surface area contributed by atoms with E-state index in [-0.39, 0.29) is 34.9 Å². The Hall–Kier alpha value is -3.43. The molecule has 8 nitrogen and oxygen atoms in total. The topological polar surface area (TPSA) is 105 Å². The van der Waals surface area contributed by atoms with Gasteiger partial charge in [-0.15, -0.1) is 0 Å². The Morgan fingerprint density at radius 3 is 2.56 bits per heavy atom. The minimum absolute atomic E-state index is 0.145. The molecule has 2 aromatic rings. The van der Waals surface area contributed by atoms with Crippen molar-refractivity contribution < 1.29 is 18.4 Å². The van der Waals surface area contributed by atoms with Crippen molar-refractivity contribution in [1.29, 1.82) is 0 Å². The van der Waals surface area contributed by atoms with Gasteiger partial charge in [0.1, 0.15) is 17.3 Å². The molecule has 1 saturated heterocycles. The van der Waals surface area contributed by atoms with Gasteiger partial charge in [0.15, 0.2) is 0 Å². The summed E-state index contributed by atoms with van der Waals surface area (Å²) in [4.78, 5) is 35.1. The number of hydrogen-bond donors (Lipinski definition) is 1. The summed E-state index contributed by atoms with van der Waals surface area (Å²) in [6.45, 7) is 1.36. The maximum absolute atomic E-state index is 14.3. The number of anilines is 1. The molecule has 2 amide bonds. The lowest BCUT2D eigenvalue weighted by atomic mass is 10.00. The standard InChI is InChI=1S/C22H22F2N6O2/c23-15-1-2-17(24)16(9-15)19-4-6-27-30(19)21(32)12-7-13-10-29(11-14(13)8-12)22-26-5-3-18(28-22)20(25)31/h1-3,5-6,9,12-14,19H,4,7-8,10-11H2,(H2,25,31)/t13-,14-,19+/m1/s1. The van der Waals surface area contributed by atoms with Gasteiger partial charge in [-0.3, -0.25) is 9.59 Å². The summed E-state index contributed by atoms with van der Waals surface area (Å²) in [5, 5.41) is 5.51. The van der Waals surface area contributed by atoms with Crippen LogP contribution in [0.2, 0.25) is 0 Å². The number of primary amides is 1. The number of hydrazone groups is 1. The molecule has 0 radical (unpaired) electrons. The van der Waals surface area contributed by atoms with E-state index in [9.17, 15) is 18.4 Å². The number of carbonyl (C=O) groups is 2. The smallest absolute Gasteiger partial charge is 0.267 e. The zero-order chi connectivity index (χ0) is 22.4. The minimum Gasteiger partial charge on any atom is -0.364 e. The Balaban J connectivity index is 1.26. The van der Waals surface area contributed by atoms with Crippen LogP contribution in [0.1, 0.15) is 41.4 Å². The molecule has 1 aromatic carbocycles. The first-order chi connectivity index (χ1) is 15.4.